The normalized spacial score (nSPS) is 18.8. The van der Waals surface area contributed by atoms with Crippen LogP contribution in [0.1, 0.15) is 36.0 Å². The Balaban J connectivity index is 1.56. The van der Waals surface area contributed by atoms with Crippen LogP contribution in [0.5, 0.6) is 11.5 Å². The zero-order valence-corrected chi connectivity index (χ0v) is 14.0. The van der Waals surface area contributed by atoms with Gasteiger partial charge in [-0.05, 0) is 56.3 Å². The van der Waals surface area contributed by atoms with Gasteiger partial charge >= 0.3 is 0 Å². The molecule has 2 aliphatic rings. The van der Waals surface area contributed by atoms with Crippen LogP contribution in [0.4, 0.5) is 0 Å². The van der Waals surface area contributed by atoms with Crippen LogP contribution in [0.15, 0.2) is 18.2 Å². The van der Waals surface area contributed by atoms with E-state index >= 15 is 0 Å². The zero-order chi connectivity index (χ0) is 16.2. The average Bonchev–Trinajstić information content (AvgIpc) is 3.43. The van der Waals surface area contributed by atoms with Crippen LogP contribution in [0.25, 0.3) is 0 Å². The second-order valence-electron chi connectivity index (χ2n) is 6.49. The van der Waals surface area contributed by atoms with Crippen molar-refractivity contribution in [3.63, 3.8) is 0 Å². The van der Waals surface area contributed by atoms with Gasteiger partial charge in [0.05, 0.1) is 14.2 Å². The fourth-order valence-corrected chi connectivity index (χ4v) is 3.09. The van der Waals surface area contributed by atoms with Crippen LogP contribution < -0.4 is 14.8 Å². The van der Waals surface area contributed by atoms with Crippen LogP contribution in [0, 0.1) is 5.92 Å². The molecule has 2 fully saturated rings. The minimum atomic E-state index is 0.0756. The molecule has 1 heterocycles. The van der Waals surface area contributed by atoms with Gasteiger partial charge in [-0.2, -0.15) is 0 Å². The SMILES string of the molecule is COc1ccc(C(=O)N2CCC(NCC3CC3)CC2)cc1OC. The van der Waals surface area contributed by atoms with Gasteiger partial charge < -0.3 is 19.7 Å². The highest BCUT2D eigenvalue weighted by atomic mass is 16.5. The van der Waals surface area contributed by atoms with Gasteiger partial charge in [0.1, 0.15) is 0 Å². The van der Waals surface area contributed by atoms with Crippen molar-refractivity contribution in [2.24, 2.45) is 5.92 Å². The highest BCUT2D eigenvalue weighted by Crippen LogP contribution is 2.29. The van der Waals surface area contributed by atoms with E-state index in [2.05, 4.69) is 5.32 Å². The third kappa shape index (κ3) is 3.96. The van der Waals surface area contributed by atoms with Gasteiger partial charge in [0, 0.05) is 24.7 Å². The summed E-state index contributed by atoms with van der Waals surface area (Å²) < 4.78 is 10.5. The van der Waals surface area contributed by atoms with Crippen molar-refractivity contribution in [1.82, 2.24) is 10.2 Å². The molecule has 0 unspecified atom stereocenters. The summed E-state index contributed by atoms with van der Waals surface area (Å²) in [6.07, 6.45) is 4.82. The summed E-state index contributed by atoms with van der Waals surface area (Å²) in [7, 11) is 3.18. The lowest BCUT2D eigenvalue weighted by Crippen LogP contribution is -2.45. The molecule has 1 N–H and O–H groups in total. The molecule has 1 saturated heterocycles. The van der Waals surface area contributed by atoms with Gasteiger partial charge in [-0.25, -0.2) is 0 Å². The van der Waals surface area contributed by atoms with Crippen LogP contribution in [-0.2, 0) is 0 Å². The number of nitrogens with one attached hydrogen (secondary N) is 1. The van der Waals surface area contributed by atoms with E-state index in [1.54, 1.807) is 32.4 Å². The first-order valence-corrected chi connectivity index (χ1v) is 8.46. The third-order valence-electron chi connectivity index (χ3n) is 4.80. The molecule has 0 aromatic heterocycles. The number of amides is 1. The monoisotopic (exact) mass is 318 g/mol. The molecule has 126 valence electrons. The molecule has 3 rings (SSSR count). The largest absolute Gasteiger partial charge is 0.493 e. The average molecular weight is 318 g/mol. The highest BCUT2D eigenvalue weighted by molar-refractivity contribution is 5.95. The lowest BCUT2D eigenvalue weighted by Gasteiger charge is -2.32. The van der Waals surface area contributed by atoms with Crippen molar-refractivity contribution in [3.05, 3.63) is 23.8 Å². The summed E-state index contributed by atoms with van der Waals surface area (Å²) in [6.45, 7) is 2.78. The van der Waals surface area contributed by atoms with E-state index < -0.39 is 0 Å². The van der Waals surface area contributed by atoms with E-state index in [0.29, 0.717) is 23.1 Å². The summed E-state index contributed by atoms with van der Waals surface area (Å²) in [5.41, 5.74) is 0.659. The number of piperidine rings is 1. The predicted molar refractivity (Wildman–Crippen MR) is 89.2 cm³/mol. The van der Waals surface area contributed by atoms with E-state index in [0.717, 1.165) is 38.4 Å². The number of benzene rings is 1. The van der Waals surface area contributed by atoms with Crippen molar-refractivity contribution in [2.45, 2.75) is 31.7 Å². The number of carbonyl (C=O) groups is 1. The first-order chi connectivity index (χ1) is 11.2. The van der Waals surface area contributed by atoms with E-state index in [4.69, 9.17) is 9.47 Å². The van der Waals surface area contributed by atoms with Crippen molar-refractivity contribution in [3.8, 4) is 11.5 Å². The predicted octanol–water partition coefficient (Wildman–Crippen LogP) is 2.31. The standard InChI is InChI=1S/C18H26N2O3/c1-22-16-6-5-14(11-17(16)23-2)18(21)20-9-7-15(8-10-20)19-12-13-3-4-13/h5-6,11,13,15,19H,3-4,7-10,12H2,1-2H3. The minimum absolute atomic E-state index is 0.0756. The van der Waals surface area contributed by atoms with Crippen LogP contribution >= 0.6 is 0 Å². The molecule has 0 atom stereocenters. The Kier molecular flexibility index (Phi) is 5.06. The molecule has 5 nitrogen and oxygen atoms in total. The third-order valence-corrected chi connectivity index (χ3v) is 4.80. The topological polar surface area (TPSA) is 50.8 Å². The second-order valence-corrected chi connectivity index (χ2v) is 6.49. The maximum absolute atomic E-state index is 12.7. The molecule has 5 heteroatoms. The highest BCUT2D eigenvalue weighted by Gasteiger charge is 2.26. The van der Waals surface area contributed by atoms with E-state index in [1.165, 1.54) is 12.8 Å². The number of hydrogen-bond acceptors (Lipinski definition) is 4. The van der Waals surface area contributed by atoms with Gasteiger partial charge in [0.15, 0.2) is 11.5 Å². The first-order valence-electron chi connectivity index (χ1n) is 8.46. The Morgan fingerprint density at radius 2 is 1.83 bits per heavy atom. The molecule has 0 bridgehead atoms. The molecule has 1 aromatic rings. The number of carbonyl (C=O) groups excluding carboxylic acids is 1. The molecule has 1 aliphatic carbocycles. The quantitative estimate of drug-likeness (QED) is 0.874. The molecular weight excluding hydrogens is 292 g/mol. The number of hydrogen-bond donors (Lipinski definition) is 1. The zero-order valence-electron chi connectivity index (χ0n) is 14.0. The molecule has 1 aliphatic heterocycles. The molecular formula is C18H26N2O3. The number of nitrogens with zero attached hydrogens (tertiary/aromatic N) is 1. The van der Waals surface area contributed by atoms with Crippen molar-refractivity contribution in [2.75, 3.05) is 33.9 Å². The Bertz CT molecular complexity index is 549. The molecule has 0 spiro atoms. The number of likely N-dealkylation sites (tertiary alicyclic amines) is 1. The van der Waals surface area contributed by atoms with Gasteiger partial charge in [-0.15, -0.1) is 0 Å². The Hall–Kier alpha value is -1.75. The van der Waals surface area contributed by atoms with Gasteiger partial charge in [0.2, 0.25) is 0 Å². The maximum atomic E-state index is 12.7. The van der Waals surface area contributed by atoms with Crippen molar-refractivity contribution in [1.29, 1.82) is 0 Å². The lowest BCUT2D eigenvalue weighted by molar-refractivity contribution is 0.0704. The van der Waals surface area contributed by atoms with Crippen LogP contribution in [-0.4, -0.2) is 50.7 Å². The van der Waals surface area contributed by atoms with Crippen LogP contribution in [0.3, 0.4) is 0 Å². The summed E-state index contributed by atoms with van der Waals surface area (Å²) in [5.74, 6) is 2.22. The van der Waals surface area contributed by atoms with Crippen molar-refractivity contribution < 1.29 is 14.3 Å². The van der Waals surface area contributed by atoms with Crippen molar-refractivity contribution >= 4 is 5.91 Å². The smallest absolute Gasteiger partial charge is 0.253 e. The fraction of sp³-hybridized carbons (Fsp3) is 0.611. The van der Waals surface area contributed by atoms with Gasteiger partial charge in [-0.1, -0.05) is 0 Å². The Morgan fingerprint density at radius 1 is 1.13 bits per heavy atom. The summed E-state index contributed by atoms with van der Waals surface area (Å²) in [5, 5.41) is 3.64. The summed E-state index contributed by atoms with van der Waals surface area (Å²) in [4.78, 5) is 14.6. The van der Waals surface area contributed by atoms with E-state index in [9.17, 15) is 4.79 Å². The van der Waals surface area contributed by atoms with Gasteiger partial charge in [-0.3, -0.25) is 4.79 Å². The number of methoxy groups -OCH3 is 2. The first kappa shape index (κ1) is 16.1. The molecule has 23 heavy (non-hydrogen) atoms. The molecule has 1 saturated carbocycles. The lowest BCUT2D eigenvalue weighted by atomic mass is 10.0. The maximum Gasteiger partial charge on any atom is 0.253 e. The van der Waals surface area contributed by atoms with E-state index in [1.807, 2.05) is 4.90 Å². The Labute approximate surface area is 137 Å². The van der Waals surface area contributed by atoms with Gasteiger partial charge in [0.25, 0.3) is 5.91 Å². The van der Waals surface area contributed by atoms with E-state index in [-0.39, 0.29) is 5.91 Å². The molecule has 1 aromatic carbocycles. The number of ether oxygens (including phenoxy) is 2. The van der Waals surface area contributed by atoms with Crippen LogP contribution in [0.2, 0.25) is 0 Å². The second kappa shape index (κ2) is 7.21. The summed E-state index contributed by atoms with van der Waals surface area (Å²) >= 11 is 0. The number of rotatable bonds is 6. The molecule has 0 radical (unpaired) electrons. The molecule has 1 amide bonds. The minimum Gasteiger partial charge on any atom is -0.493 e. The fourth-order valence-electron chi connectivity index (χ4n) is 3.09. The Morgan fingerprint density at radius 3 is 2.43 bits per heavy atom. The summed E-state index contributed by atoms with van der Waals surface area (Å²) in [6, 6.07) is 5.92.